The Morgan fingerprint density at radius 2 is 1.80 bits per heavy atom. The molecule has 3 rings (SSSR count). The maximum atomic E-state index is 12.6. The highest BCUT2D eigenvalue weighted by Crippen LogP contribution is 2.25. The summed E-state index contributed by atoms with van der Waals surface area (Å²) < 4.78 is 27.9. The number of sulfonamides is 1. The fraction of sp³-hybridized carbons (Fsp3) is 0.400. The molecular formula is C20H26N2O2S. The van der Waals surface area contributed by atoms with Gasteiger partial charge in [-0.05, 0) is 49.1 Å². The van der Waals surface area contributed by atoms with Gasteiger partial charge < -0.3 is 4.90 Å². The molecule has 0 bridgehead atoms. The van der Waals surface area contributed by atoms with Gasteiger partial charge in [-0.25, -0.2) is 13.1 Å². The van der Waals surface area contributed by atoms with Crippen LogP contribution in [0.3, 0.4) is 0 Å². The van der Waals surface area contributed by atoms with Crippen LogP contribution in [0, 0.1) is 0 Å². The Kier molecular flexibility index (Phi) is 5.76. The van der Waals surface area contributed by atoms with Crippen molar-refractivity contribution in [1.82, 2.24) is 4.72 Å². The molecule has 134 valence electrons. The van der Waals surface area contributed by atoms with E-state index < -0.39 is 10.0 Å². The number of rotatable bonds is 7. The molecule has 2 aromatic carbocycles. The number of benzene rings is 2. The third-order valence-electron chi connectivity index (χ3n) is 4.75. The number of aryl methyl sites for hydroxylation is 1. The van der Waals surface area contributed by atoms with Crippen LogP contribution >= 0.6 is 0 Å². The molecule has 0 radical (unpaired) electrons. The molecule has 1 unspecified atom stereocenters. The van der Waals surface area contributed by atoms with Gasteiger partial charge in [0.15, 0.2) is 0 Å². The lowest BCUT2D eigenvalue weighted by atomic mass is 10.1. The molecule has 2 aromatic rings. The summed E-state index contributed by atoms with van der Waals surface area (Å²) in [4.78, 5) is 2.64. The van der Waals surface area contributed by atoms with Crippen molar-refractivity contribution >= 4 is 15.7 Å². The normalized spacial score (nSPS) is 17.8. The van der Waals surface area contributed by atoms with Gasteiger partial charge in [0.1, 0.15) is 0 Å². The Morgan fingerprint density at radius 1 is 1.08 bits per heavy atom. The second-order valence-electron chi connectivity index (χ2n) is 6.57. The van der Waals surface area contributed by atoms with Crippen LogP contribution in [0.1, 0.15) is 31.7 Å². The maximum absolute atomic E-state index is 12.6. The predicted molar refractivity (Wildman–Crippen MR) is 102 cm³/mol. The van der Waals surface area contributed by atoms with Crippen LogP contribution in [-0.2, 0) is 16.4 Å². The van der Waals surface area contributed by atoms with Crippen molar-refractivity contribution in [3.8, 4) is 0 Å². The van der Waals surface area contributed by atoms with Crippen LogP contribution in [0.5, 0.6) is 0 Å². The third-order valence-corrected chi connectivity index (χ3v) is 6.19. The Morgan fingerprint density at radius 3 is 2.48 bits per heavy atom. The van der Waals surface area contributed by atoms with Crippen molar-refractivity contribution in [3.63, 3.8) is 0 Å². The van der Waals surface area contributed by atoms with Crippen LogP contribution in [0.15, 0.2) is 59.5 Å². The lowest BCUT2D eigenvalue weighted by Gasteiger charge is -2.27. The molecule has 1 aliphatic heterocycles. The minimum atomic E-state index is -3.46. The largest absolute Gasteiger partial charge is 0.367 e. The van der Waals surface area contributed by atoms with Gasteiger partial charge in [0.05, 0.1) is 4.90 Å². The van der Waals surface area contributed by atoms with Crippen molar-refractivity contribution in [2.24, 2.45) is 0 Å². The molecule has 0 spiro atoms. The average Bonchev–Trinajstić information content (AvgIpc) is 3.10. The zero-order valence-electron chi connectivity index (χ0n) is 14.7. The monoisotopic (exact) mass is 358 g/mol. The Bertz CT molecular complexity index is 773. The van der Waals surface area contributed by atoms with Crippen LogP contribution < -0.4 is 9.62 Å². The van der Waals surface area contributed by atoms with Gasteiger partial charge in [-0.3, -0.25) is 0 Å². The highest BCUT2D eigenvalue weighted by molar-refractivity contribution is 7.89. The van der Waals surface area contributed by atoms with Crippen molar-refractivity contribution < 1.29 is 8.42 Å². The lowest BCUT2D eigenvalue weighted by molar-refractivity contribution is 0.567. The molecule has 1 fully saturated rings. The van der Waals surface area contributed by atoms with Crippen LogP contribution in [-0.4, -0.2) is 27.5 Å². The first-order chi connectivity index (χ1) is 12.1. The van der Waals surface area contributed by atoms with Gasteiger partial charge >= 0.3 is 0 Å². The van der Waals surface area contributed by atoms with E-state index in [0.717, 1.165) is 37.9 Å². The minimum Gasteiger partial charge on any atom is -0.367 e. The molecule has 1 saturated heterocycles. The van der Waals surface area contributed by atoms with E-state index in [0.29, 0.717) is 11.4 Å². The summed E-state index contributed by atoms with van der Waals surface area (Å²) in [6.07, 6.45) is 4.13. The molecule has 0 amide bonds. The molecule has 1 atom stereocenters. The van der Waals surface area contributed by atoms with Gasteiger partial charge in [-0.2, -0.15) is 0 Å². The first-order valence-electron chi connectivity index (χ1n) is 9.00. The highest BCUT2D eigenvalue weighted by atomic mass is 32.2. The molecule has 25 heavy (non-hydrogen) atoms. The molecule has 1 N–H and O–H groups in total. The first kappa shape index (κ1) is 18.0. The van der Waals surface area contributed by atoms with Gasteiger partial charge in [-0.1, -0.05) is 43.7 Å². The van der Waals surface area contributed by atoms with E-state index in [1.807, 2.05) is 30.3 Å². The van der Waals surface area contributed by atoms with Crippen molar-refractivity contribution in [2.45, 2.75) is 43.5 Å². The SMILES string of the molecule is CCCc1ccc(S(=O)(=O)NCC2CCCN2c2ccccc2)cc1. The fourth-order valence-electron chi connectivity index (χ4n) is 3.42. The van der Waals surface area contributed by atoms with Crippen LogP contribution in [0.4, 0.5) is 5.69 Å². The lowest BCUT2D eigenvalue weighted by Crippen LogP contribution is -2.40. The number of nitrogens with one attached hydrogen (secondary N) is 1. The summed E-state index contributed by atoms with van der Waals surface area (Å²) in [6.45, 7) is 3.53. The summed E-state index contributed by atoms with van der Waals surface area (Å²) in [6, 6.07) is 17.6. The smallest absolute Gasteiger partial charge is 0.240 e. The van der Waals surface area contributed by atoms with E-state index in [9.17, 15) is 8.42 Å². The fourth-order valence-corrected chi connectivity index (χ4v) is 4.49. The number of hydrogen-bond donors (Lipinski definition) is 1. The Hall–Kier alpha value is -1.85. The standard InChI is InChI=1S/C20H26N2O2S/c1-2-7-17-11-13-20(14-12-17)25(23,24)21-16-19-10-6-15-22(19)18-8-4-3-5-9-18/h3-5,8-9,11-14,19,21H,2,6-7,10,15-16H2,1H3. The minimum absolute atomic E-state index is 0.205. The summed E-state index contributed by atoms with van der Waals surface area (Å²) in [7, 11) is -3.46. The Balaban J connectivity index is 1.65. The van der Waals surface area contributed by atoms with Gasteiger partial charge in [-0.15, -0.1) is 0 Å². The quantitative estimate of drug-likeness (QED) is 0.823. The summed E-state index contributed by atoms with van der Waals surface area (Å²) in [5.74, 6) is 0. The number of anilines is 1. The first-order valence-corrected chi connectivity index (χ1v) is 10.5. The van der Waals surface area contributed by atoms with E-state index in [-0.39, 0.29) is 6.04 Å². The van der Waals surface area contributed by atoms with Crippen molar-refractivity contribution in [1.29, 1.82) is 0 Å². The van der Waals surface area contributed by atoms with Crippen LogP contribution in [0.2, 0.25) is 0 Å². The number of hydrogen-bond acceptors (Lipinski definition) is 3. The highest BCUT2D eigenvalue weighted by Gasteiger charge is 2.26. The third kappa shape index (κ3) is 4.41. The van der Waals surface area contributed by atoms with Crippen molar-refractivity contribution in [2.75, 3.05) is 18.0 Å². The van der Waals surface area contributed by atoms with Crippen LogP contribution in [0.25, 0.3) is 0 Å². The topological polar surface area (TPSA) is 49.4 Å². The molecule has 5 heteroatoms. The molecule has 0 aliphatic carbocycles. The molecule has 1 aliphatic rings. The summed E-state index contributed by atoms with van der Waals surface area (Å²) in [5.41, 5.74) is 2.33. The van der Waals surface area contributed by atoms with E-state index in [1.54, 1.807) is 12.1 Å². The van der Waals surface area contributed by atoms with E-state index in [2.05, 4.69) is 28.7 Å². The van der Waals surface area contributed by atoms with E-state index in [1.165, 1.54) is 5.56 Å². The molecule has 0 aromatic heterocycles. The second kappa shape index (κ2) is 8.02. The zero-order valence-corrected chi connectivity index (χ0v) is 15.5. The molecular weight excluding hydrogens is 332 g/mol. The average molecular weight is 359 g/mol. The summed E-state index contributed by atoms with van der Waals surface area (Å²) >= 11 is 0. The number of nitrogens with zero attached hydrogens (tertiary/aromatic N) is 1. The number of para-hydroxylation sites is 1. The van der Waals surface area contributed by atoms with Gasteiger partial charge in [0.2, 0.25) is 10.0 Å². The van der Waals surface area contributed by atoms with Crippen molar-refractivity contribution in [3.05, 3.63) is 60.2 Å². The Labute approximate surface area is 150 Å². The second-order valence-corrected chi connectivity index (χ2v) is 8.34. The van der Waals surface area contributed by atoms with E-state index >= 15 is 0 Å². The van der Waals surface area contributed by atoms with Gasteiger partial charge in [0, 0.05) is 24.8 Å². The van der Waals surface area contributed by atoms with E-state index in [4.69, 9.17) is 0 Å². The molecule has 1 heterocycles. The van der Waals surface area contributed by atoms with Gasteiger partial charge in [0.25, 0.3) is 0 Å². The predicted octanol–water partition coefficient (Wildman–Crippen LogP) is 3.59. The zero-order chi connectivity index (χ0) is 17.7. The summed E-state index contributed by atoms with van der Waals surface area (Å²) in [5, 5.41) is 0. The maximum Gasteiger partial charge on any atom is 0.240 e. The molecule has 4 nitrogen and oxygen atoms in total. The molecule has 0 saturated carbocycles.